The van der Waals surface area contributed by atoms with Crippen molar-refractivity contribution in [3.63, 3.8) is 0 Å². The number of alkyl halides is 1. The Morgan fingerprint density at radius 3 is 2.67 bits per heavy atom. The summed E-state index contributed by atoms with van der Waals surface area (Å²) < 4.78 is 5.41. The first kappa shape index (κ1) is 10.7. The molecular formula is C9H19INO-. The first-order valence-corrected chi connectivity index (χ1v) is 7.81. The van der Waals surface area contributed by atoms with Crippen molar-refractivity contribution in [1.29, 1.82) is 0 Å². The molecule has 2 nitrogen and oxygen atoms in total. The average molecular weight is 284 g/mol. The number of nitrogens with zero attached hydrogens (tertiary/aromatic N) is 1. The number of halogens is 1. The summed E-state index contributed by atoms with van der Waals surface area (Å²) >= 11 is 0.0578. The molecule has 0 spiro atoms. The quantitative estimate of drug-likeness (QED) is 0.347. The maximum absolute atomic E-state index is 5.41. The Balaban J connectivity index is 1.91. The third-order valence-corrected chi connectivity index (χ3v) is 3.32. The van der Waals surface area contributed by atoms with Crippen molar-refractivity contribution in [3.8, 4) is 0 Å². The molecule has 1 rings (SSSR count). The van der Waals surface area contributed by atoms with Gasteiger partial charge in [-0.3, -0.25) is 0 Å². The molecule has 1 aliphatic rings. The second-order valence-corrected chi connectivity index (χ2v) is 4.73. The molecule has 0 unspecified atom stereocenters. The average Bonchev–Trinajstić information content (AvgIpc) is 2.14. The van der Waals surface area contributed by atoms with Gasteiger partial charge in [0, 0.05) is 0 Å². The molecule has 0 radical (unpaired) electrons. The summed E-state index contributed by atoms with van der Waals surface area (Å²) in [5.41, 5.74) is 0. The van der Waals surface area contributed by atoms with Crippen molar-refractivity contribution in [2.75, 3.05) is 31.2 Å². The third kappa shape index (κ3) is 4.62. The first-order valence-electron chi connectivity index (χ1n) is 4.77. The summed E-state index contributed by atoms with van der Waals surface area (Å²) in [6.07, 6.45) is 5.48. The fraction of sp³-hybridized carbons (Fsp3) is 1.00. The number of hydrogen-bond acceptors (Lipinski definition) is 2. The van der Waals surface area contributed by atoms with Crippen LogP contribution in [0, 0.1) is 0 Å². The van der Waals surface area contributed by atoms with Gasteiger partial charge in [-0.15, -0.1) is 0 Å². The monoisotopic (exact) mass is 284 g/mol. The van der Waals surface area contributed by atoms with E-state index in [4.69, 9.17) is 3.07 Å². The SMILES string of the molecule is C[I-]OCCCN1CCCCC1. The molecule has 74 valence electrons. The van der Waals surface area contributed by atoms with Gasteiger partial charge in [0.1, 0.15) is 0 Å². The van der Waals surface area contributed by atoms with Crippen LogP contribution in [-0.4, -0.2) is 36.1 Å². The van der Waals surface area contributed by atoms with Gasteiger partial charge in [-0.2, -0.15) is 0 Å². The van der Waals surface area contributed by atoms with Gasteiger partial charge in [-0.05, 0) is 0 Å². The fourth-order valence-electron chi connectivity index (χ4n) is 1.60. The van der Waals surface area contributed by atoms with Crippen LogP contribution in [0.15, 0.2) is 0 Å². The van der Waals surface area contributed by atoms with Crippen LogP contribution in [0.1, 0.15) is 25.7 Å². The van der Waals surface area contributed by atoms with Crippen molar-refractivity contribution in [2.45, 2.75) is 25.7 Å². The van der Waals surface area contributed by atoms with E-state index >= 15 is 0 Å². The predicted molar refractivity (Wildman–Crippen MR) is 46.8 cm³/mol. The topological polar surface area (TPSA) is 12.5 Å². The number of likely N-dealkylation sites (tertiary alicyclic amines) is 1. The van der Waals surface area contributed by atoms with E-state index in [1.54, 1.807) is 0 Å². The van der Waals surface area contributed by atoms with Crippen LogP contribution in [0.25, 0.3) is 0 Å². The summed E-state index contributed by atoms with van der Waals surface area (Å²) in [6, 6.07) is 0. The van der Waals surface area contributed by atoms with Crippen molar-refractivity contribution < 1.29 is 24.7 Å². The normalized spacial score (nSPS) is 20.1. The Kier molecular flexibility index (Phi) is 6.34. The Hall–Kier alpha value is 0.650. The van der Waals surface area contributed by atoms with E-state index in [1.165, 1.54) is 45.3 Å². The van der Waals surface area contributed by atoms with Gasteiger partial charge in [-0.25, -0.2) is 0 Å². The van der Waals surface area contributed by atoms with Crippen LogP contribution in [0.5, 0.6) is 0 Å². The van der Waals surface area contributed by atoms with Gasteiger partial charge < -0.3 is 0 Å². The van der Waals surface area contributed by atoms with Gasteiger partial charge in [0.05, 0.1) is 0 Å². The van der Waals surface area contributed by atoms with Crippen molar-refractivity contribution in [1.82, 2.24) is 4.90 Å². The second kappa shape index (κ2) is 7.09. The number of rotatable bonds is 5. The van der Waals surface area contributed by atoms with Crippen molar-refractivity contribution in [3.05, 3.63) is 0 Å². The molecule has 0 saturated carbocycles. The minimum atomic E-state index is 0.0578. The van der Waals surface area contributed by atoms with Gasteiger partial charge in [0.25, 0.3) is 0 Å². The van der Waals surface area contributed by atoms with Gasteiger partial charge in [0.2, 0.25) is 0 Å². The van der Waals surface area contributed by atoms with Crippen molar-refractivity contribution >= 4 is 0 Å². The van der Waals surface area contributed by atoms with Gasteiger partial charge in [0.15, 0.2) is 0 Å². The van der Waals surface area contributed by atoms with Crippen LogP contribution in [-0.2, 0) is 3.07 Å². The maximum atomic E-state index is 5.41. The summed E-state index contributed by atoms with van der Waals surface area (Å²) in [5, 5.41) is 0. The van der Waals surface area contributed by atoms with E-state index in [9.17, 15) is 0 Å². The summed E-state index contributed by atoms with van der Waals surface area (Å²) in [6.45, 7) is 4.88. The van der Waals surface area contributed by atoms with Crippen LogP contribution in [0.3, 0.4) is 0 Å². The molecule has 12 heavy (non-hydrogen) atoms. The third-order valence-electron chi connectivity index (χ3n) is 2.25. The molecule has 0 amide bonds. The van der Waals surface area contributed by atoms with E-state index in [-0.39, 0.29) is 21.6 Å². The van der Waals surface area contributed by atoms with E-state index in [0.29, 0.717) is 0 Å². The van der Waals surface area contributed by atoms with Crippen LogP contribution in [0.4, 0.5) is 0 Å². The zero-order chi connectivity index (χ0) is 8.65. The summed E-state index contributed by atoms with van der Waals surface area (Å²) in [5.74, 6) is 0. The molecule has 1 saturated heterocycles. The van der Waals surface area contributed by atoms with Crippen molar-refractivity contribution in [2.24, 2.45) is 0 Å². The zero-order valence-electron chi connectivity index (χ0n) is 7.89. The van der Waals surface area contributed by atoms with E-state index in [1.807, 2.05) is 0 Å². The second-order valence-electron chi connectivity index (χ2n) is 3.22. The van der Waals surface area contributed by atoms with Crippen LogP contribution < -0.4 is 21.6 Å². The Morgan fingerprint density at radius 1 is 1.25 bits per heavy atom. The molecule has 0 aliphatic carbocycles. The molecule has 1 aliphatic heterocycles. The molecule has 0 aromatic heterocycles. The van der Waals surface area contributed by atoms with E-state index in [0.717, 1.165) is 6.61 Å². The van der Waals surface area contributed by atoms with E-state index < -0.39 is 0 Å². The van der Waals surface area contributed by atoms with Gasteiger partial charge in [-0.1, -0.05) is 0 Å². The minimum absolute atomic E-state index is 0.0578. The molecular weight excluding hydrogens is 265 g/mol. The standard InChI is InChI=1S/C9H19INO/c1-10-12-9-5-8-11-6-3-2-4-7-11/h2-9H2,1H3/q-1. The van der Waals surface area contributed by atoms with E-state index in [2.05, 4.69) is 9.83 Å². The predicted octanol–water partition coefficient (Wildman–Crippen LogP) is -1.49. The number of piperidine rings is 1. The number of hydrogen-bond donors (Lipinski definition) is 0. The van der Waals surface area contributed by atoms with Gasteiger partial charge >= 0.3 is 86.4 Å². The van der Waals surface area contributed by atoms with Crippen LogP contribution in [0.2, 0.25) is 0 Å². The fourth-order valence-corrected chi connectivity index (χ4v) is 2.35. The molecule has 3 heteroatoms. The zero-order valence-corrected chi connectivity index (χ0v) is 10.0. The molecule has 0 aromatic rings. The Labute approximate surface area is 86.5 Å². The van der Waals surface area contributed by atoms with Crippen LogP contribution >= 0.6 is 0 Å². The summed E-state index contributed by atoms with van der Waals surface area (Å²) in [7, 11) is 0. The molecule has 0 aromatic carbocycles. The molecule has 1 heterocycles. The molecule has 1 fully saturated rings. The first-order chi connectivity index (χ1) is 5.93. The Bertz CT molecular complexity index is 105. The summed E-state index contributed by atoms with van der Waals surface area (Å²) in [4.78, 5) is 4.74. The molecule has 0 bridgehead atoms. The Morgan fingerprint density at radius 2 is 2.00 bits per heavy atom. The molecule has 0 N–H and O–H groups in total. The molecule has 0 atom stereocenters.